The third kappa shape index (κ3) is 3.56. The van der Waals surface area contributed by atoms with Gasteiger partial charge in [0.25, 0.3) is 0 Å². The highest BCUT2D eigenvalue weighted by Gasteiger charge is 2.28. The third-order valence-electron chi connectivity index (χ3n) is 3.48. The van der Waals surface area contributed by atoms with E-state index >= 15 is 0 Å². The van der Waals surface area contributed by atoms with Gasteiger partial charge in [-0.15, -0.1) is 0 Å². The second-order valence-corrected chi connectivity index (χ2v) is 5.54. The molecule has 5 nitrogen and oxygen atoms in total. The molecule has 1 N–H and O–H groups in total. The summed E-state index contributed by atoms with van der Waals surface area (Å²) in [4.78, 5) is 12.6. The van der Waals surface area contributed by atoms with Crippen molar-refractivity contribution in [3.8, 4) is 0 Å². The zero-order chi connectivity index (χ0) is 14.5. The van der Waals surface area contributed by atoms with Crippen LogP contribution in [0.1, 0.15) is 26.2 Å². The van der Waals surface area contributed by atoms with Crippen molar-refractivity contribution in [2.45, 2.75) is 32.2 Å². The van der Waals surface area contributed by atoms with Gasteiger partial charge >= 0.3 is 0 Å². The molecule has 2 rings (SSSR count). The maximum atomic E-state index is 14.0. The van der Waals surface area contributed by atoms with Crippen LogP contribution in [0.4, 0.5) is 16.2 Å². The molecule has 1 aliphatic rings. The third-order valence-corrected chi connectivity index (χ3v) is 3.48. The van der Waals surface area contributed by atoms with Crippen molar-refractivity contribution in [2.24, 2.45) is 0 Å². The van der Waals surface area contributed by atoms with E-state index in [1.165, 1.54) is 6.20 Å². The molecule has 2 heterocycles. The largest absolute Gasteiger partial charge is 0.354 e. The van der Waals surface area contributed by atoms with E-state index in [-0.39, 0.29) is 5.82 Å². The molecular formula is C14H24FN5. The highest BCUT2D eigenvalue weighted by atomic mass is 19.1. The molecule has 1 aromatic rings. The number of halogens is 1. The lowest BCUT2D eigenvalue weighted by Gasteiger charge is -2.28. The zero-order valence-corrected chi connectivity index (χ0v) is 12.6. The summed E-state index contributed by atoms with van der Waals surface area (Å²) in [6.07, 6.45) is 4.42. The van der Waals surface area contributed by atoms with Gasteiger partial charge in [-0.1, -0.05) is 6.92 Å². The first-order valence-corrected chi connectivity index (χ1v) is 7.29. The van der Waals surface area contributed by atoms with Crippen molar-refractivity contribution in [2.75, 3.05) is 43.9 Å². The number of nitrogens with one attached hydrogen (secondary N) is 1. The lowest BCUT2D eigenvalue weighted by molar-refractivity contribution is 0.370. The summed E-state index contributed by atoms with van der Waals surface area (Å²) < 4.78 is 14.0. The monoisotopic (exact) mass is 281 g/mol. The van der Waals surface area contributed by atoms with Gasteiger partial charge in [-0.25, -0.2) is 9.37 Å². The highest BCUT2D eigenvalue weighted by Crippen LogP contribution is 2.27. The van der Waals surface area contributed by atoms with Crippen molar-refractivity contribution in [3.05, 3.63) is 12.0 Å². The first-order chi connectivity index (χ1) is 9.61. The van der Waals surface area contributed by atoms with Crippen LogP contribution in [0.15, 0.2) is 6.20 Å². The Labute approximate surface area is 120 Å². The molecule has 1 saturated heterocycles. The maximum absolute atomic E-state index is 14.0. The summed E-state index contributed by atoms with van der Waals surface area (Å²) in [5, 5.41) is 3.12. The van der Waals surface area contributed by atoms with E-state index in [0.29, 0.717) is 17.8 Å². The second kappa shape index (κ2) is 6.83. The normalized spacial score (nSPS) is 18.9. The van der Waals surface area contributed by atoms with E-state index in [1.54, 1.807) is 0 Å². The Hall–Kier alpha value is -1.43. The molecular weight excluding hydrogens is 257 g/mol. The van der Waals surface area contributed by atoms with Crippen LogP contribution in [-0.2, 0) is 0 Å². The minimum Gasteiger partial charge on any atom is -0.354 e. The van der Waals surface area contributed by atoms with E-state index in [9.17, 15) is 4.39 Å². The number of likely N-dealkylation sites (N-methyl/N-ethyl adjacent to an activating group) is 1. The molecule has 1 aromatic heterocycles. The Morgan fingerprint density at radius 1 is 1.50 bits per heavy atom. The summed E-state index contributed by atoms with van der Waals surface area (Å²) in [6, 6.07) is 0.327. The summed E-state index contributed by atoms with van der Waals surface area (Å²) in [7, 11) is 4.09. The summed E-state index contributed by atoms with van der Waals surface area (Å²) in [5.74, 6) is 0.611. The van der Waals surface area contributed by atoms with E-state index in [0.717, 1.165) is 38.9 Å². The van der Waals surface area contributed by atoms with E-state index in [2.05, 4.69) is 32.0 Å². The fourth-order valence-electron chi connectivity index (χ4n) is 2.61. The number of anilines is 2. The Morgan fingerprint density at radius 2 is 2.30 bits per heavy atom. The van der Waals surface area contributed by atoms with Crippen molar-refractivity contribution >= 4 is 11.8 Å². The summed E-state index contributed by atoms with van der Waals surface area (Å²) in [6.45, 7) is 4.65. The van der Waals surface area contributed by atoms with Gasteiger partial charge in [0.1, 0.15) is 0 Å². The standard InChI is InChI=1S/C14H24FN5/c1-4-7-16-14-17-9-12(15)13(18-14)20-8-5-6-11(20)10-19(2)3/h9,11H,4-8,10H2,1-3H3,(H,16,17,18). The molecule has 0 radical (unpaired) electrons. The van der Waals surface area contributed by atoms with E-state index in [1.807, 2.05) is 14.1 Å². The van der Waals surface area contributed by atoms with Crippen molar-refractivity contribution in [3.63, 3.8) is 0 Å². The lowest BCUT2D eigenvalue weighted by Crippen LogP contribution is -2.38. The molecule has 1 fully saturated rings. The van der Waals surface area contributed by atoms with Crippen LogP contribution in [0.2, 0.25) is 0 Å². The molecule has 6 heteroatoms. The van der Waals surface area contributed by atoms with Gasteiger partial charge in [0.2, 0.25) is 5.95 Å². The van der Waals surface area contributed by atoms with E-state index in [4.69, 9.17) is 0 Å². The first kappa shape index (κ1) is 15.0. The fraction of sp³-hybridized carbons (Fsp3) is 0.714. The Bertz CT molecular complexity index is 438. The van der Waals surface area contributed by atoms with Crippen LogP contribution >= 0.6 is 0 Å². The van der Waals surface area contributed by atoms with Gasteiger partial charge in [-0.2, -0.15) is 4.98 Å². The number of hydrogen-bond acceptors (Lipinski definition) is 5. The molecule has 20 heavy (non-hydrogen) atoms. The molecule has 0 spiro atoms. The zero-order valence-electron chi connectivity index (χ0n) is 12.6. The van der Waals surface area contributed by atoms with Gasteiger partial charge in [0.15, 0.2) is 11.6 Å². The molecule has 0 saturated carbocycles. The van der Waals surface area contributed by atoms with Crippen LogP contribution in [0.3, 0.4) is 0 Å². The van der Waals surface area contributed by atoms with Crippen LogP contribution < -0.4 is 10.2 Å². The van der Waals surface area contributed by atoms with E-state index < -0.39 is 0 Å². The number of aromatic nitrogens is 2. The molecule has 0 bridgehead atoms. The highest BCUT2D eigenvalue weighted by molar-refractivity contribution is 5.46. The molecule has 0 aromatic carbocycles. The molecule has 1 aliphatic heterocycles. The van der Waals surface area contributed by atoms with Crippen molar-refractivity contribution < 1.29 is 4.39 Å². The minimum atomic E-state index is -0.335. The number of nitrogens with zero attached hydrogens (tertiary/aromatic N) is 4. The van der Waals surface area contributed by atoms with Crippen LogP contribution in [0.25, 0.3) is 0 Å². The SMILES string of the molecule is CCCNc1ncc(F)c(N2CCCC2CN(C)C)n1. The topological polar surface area (TPSA) is 44.3 Å². The Morgan fingerprint density at radius 3 is 3.00 bits per heavy atom. The van der Waals surface area contributed by atoms with Crippen LogP contribution in [0, 0.1) is 5.82 Å². The quantitative estimate of drug-likeness (QED) is 0.863. The van der Waals surface area contributed by atoms with Gasteiger partial charge in [-0.05, 0) is 33.4 Å². The molecule has 1 atom stereocenters. The molecule has 1 unspecified atom stereocenters. The van der Waals surface area contributed by atoms with Crippen molar-refractivity contribution in [1.29, 1.82) is 0 Å². The van der Waals surface area contributed by atoms with Crippen LogP contribution in [-0.4, -0.2) is 54.6 Å². The summed E-state index contributed by atoms with van der Waals surface area (Å²) in [5.41, 5.74) is 0. The number of hydrogen-bond donors (Lipinski definition) is 1. The lowest BCUT2D eigenvalue weighted by atomic mass is 10.2. The molecule has 0 aliphatic carbocycles. The van der Waals surface area contributed by atoms with Gasteiger partial charge in [0, 0.05) is 25.7 Å². The van der Waals surface area contributed by atoms with Gasteiger partial charge in [-0.3, -0.25) is 0 Å². The second-order valence-electron chi connectivity index (χ2n) is 5.54. The molecule has 0 amide bonds. The average molecular weight is 281 g/mol. The Balaban J connectivity index is 2.17. The maximum Gasteiger partial charge on any atom is 0.224 e. The predicted octanol–water partition coefficient (Wildman–Crippen LogP) is 1.97. The fourth-order valence-corrected chi connectivity index (χ4v) is 2.61. The van der Waals surface area contributed by atoms with Gasteiger partial charge in [0.05, 0.1) is 6.20 Å². The molecule has 112 valence electrons. The smallest absolute Gasteiger partial charge is 0.224 e. The Kier molecular flexibility index (Phi) is 5.11. The average Bonchev–Trinajstić information content (AvgIpc) is 2.85. The minimum absolute atomic E-state index is 0.327. The van der Waals surface area contributed by atoms with Crippen LogP contribution in [0.5, 0.6) is 0 Å². The first-order valence-electron chi connectivity index (χ1n) is 7.29. The summed E-state index contributed by atoms with van der Waals surface area (Å²) >= 11 is 0. The van der Waals surface area contributed by atoms with Gasteiger partial charge < -0.3 is 15.1 Å². The number of rotatable bonds is 6. The van der Waals surface area contributed by atoms with Crippen molar-refractivity contribution in [1.82, 2.24) is 14.9 Å². The predicted molar refractivity (Wildman–Crippen MR) is 79.7 cm³/mol.